The van der Waals surface area contributed by atoms with Crippen molar-refractivity contribution in [2.24, 2.45) is 0 Å². The topological polar surface area (TPSA) is 66.5 Å². The third-order valence-corrected chi connectivity index (χ3v) is 5.92. The molecule has 166 valence electrons. The Morgan fingerprint density at radius 2 is 1.90 bits per heavy atom. The van der Waals surface area contributed by atoms with Gasteiger partial charge >= 0.3 is 0 Å². The normalized spacial score (nSPS) is 18.2. The van der Waals surface area contributed by atoms with Crippen LogP contribution in [0.2, 0.25) is 0 Å². The largest absolute Gasteiger partial charge is 0.364 e. The minimum absolute atomic E-state index is 0.136. The lowest BCUT2D eigenvalue weighted by atomic mass is 9.94. The summed E-state index contributed by atoms with van der Waals surface area (Å²) < 4.78 is 51.6. The number of halogens is 2. The third kappa shape index (κ3) is 5.91. The lowest BCUT2D eigenvalue weighted by molar-refractivity contribution is 0.0943. The summed E-state index contributed by atoms with van der Waals surface area (Å²) >= 11 is 0. The second kappa shape index (κ2) is 9.60. The lowest BCUT2D eigenvalue weighted by Crippen LogP contribution is -2.34. The molecule has 5 nitrogen and oxygen atoms in total. The van der Waals surface area contributed by atoms with Crippen LogP contribution in [0.4, 0.5) is 14.5 Å². The molecule has 2 aromatic rings. The van der Waals surface area contributed by atoms with E-state index in [0.717, 1.165) is 30.9 Å². The summed E-state index contributed by atoms with van der Waals surface area (Å²) in [5.74, 6) is -1.61. The number of benzene rings is 2. The predicted octanol–water partition coefficient (Wildman–Crippen LogP) is 4.37. The SMILES string of the molecule is C[C@H](/C=C/S(C)(=O)=O)NC(=O)c1ccc(N2CCCC[C@@H]2c2ccccc2F)cc1F. The van der Waals surface area contributed by atoms with Crippen LogP contribution in [0.25, 0.3) is 0 Å². The Balaban J connectivity index is 1.80. The highest BCUT2D eigenvalue weighted by molar-refractivity contribution is 7.93. The van der Waals surface area contributed by atoms with Gasteiger partial charge < -0.3 is 10.2 Å². The first-order valence-corrected chi connectivity index (χ1v) is 12.1. The van der Waals surface area contributed by atoms with E-state index in [0.29, 0.717) is 17.8 Å². The fourth-order valence-electron chi connectivity index (χ4n) is 3.77. The second-order valence-electron chi connectivity index (χ2n) is 7.81. The van der Waals surface area contributed by atoms with E-state index in [1.54, 1.807) is 31.2 Å². The van der Waals surface area contributed by atoms with Crippen LogP contribution in [-0.2, 0) is 9.84 Å². The highest BCUT2D eigenvalue weighted by atomic mass is 32.2. The maximum Gasteiger partial charge on any atom is 0.254 e. The smallest absolute Gasteiger partial charge is 0.254 e. The van der Waals surface area contributed by atoms with Gasteiger partial charge in [-0.1, -0.05) is 24.3 Å². The van der Waals surface area contributed by atoms with Crippen molar-refractivity contribution >= 4 is 21.4 Å². The van der Waals surface area contributed by atoms with Crippen LogP contribution >= 0.6 is 0 Å². The first-order chi connectivity index (χ1) is 14.7. The molecule has 1 aliphatic heterocycles. The van der Waals surface area contributed by atoms with Gasteiger partial charge in [0.2, 0.25) is 0 Å². The molecule has 2 aromatic carbocycles. The predicted molar refractivity (Wildman–Crippen MR) is 118 cm³/mol. The van der Waals surface area contributed by atoms with E-state index in [4.69, 9.17) is 0 Å². The van der Waals surface area contributed by atoms with E-state index >= 15 is 0 Å². The number of carbonyl (C=O) groups is 1. The number of carbonyl (C=O) groups excluding carboxylic acids is 1. The van der Waals surface area contributed by atoms with Crippen molar-refractivity contribution in [3.63, 3.8) is 0 Å². The Morgan fingerprint density at radius 3 is 2.58 bits per heavy atom. The van der Waals surface area contributed by atoms with Crippen LogP contribution in [-0.4, -0.2) is 33.2 Å². The van der Waals surface area contributed by atoms with Gasteiger partial charge in [-0.3, -0.25) is 4.79 Å². The van der Waals surface area contributed by atoms with Crippen LogP contribution in [0.15, 0.2) is 53.9 Å². The van der Waals surface area contributed by atoms with Crippen LogP contribution < -0.4 is 10.2 Å². The molecule has 0 radical (unpaired) electrons. The van der Waals surface area contributed by atoms with Gasteiger partial charge in [0, 0.05) is 35.5 Å². The number of piperidine rings is 1. The van der Waals surface area contributed by atoms with Crippen molar-refractivity contribution in [2.75, 3.05) is 17.7 Å². The number of nitrogens with one attached hydrogen (secondary N) is 1. The van der Waals surface area contributed by atoms with E-state index < -0.39 is 27.6 Å². The van der Waals surface area contributed by atoms with Gasteiger partial charge in [0.15, 0.2) is 9.84 Å². The van der Waals surface area contributed by atoms with Crippen LogP contribution in [0.3, 0.4) is 0 Å². The van der Waals surface area contributed by atoms with Crippen molar-refractivity contribution < 1.29 is 22.0 Å². The number of sulfone groups is 1. The quantitative estimate of drug-likeness (QED) is 0.713. The molecule has 0 aliphatic carbocycles. The number of nitrogens with zero attached hydrogens (tertiary/aromatic N) is 1. The standard InChI is InChI=1S/C23H26F2N2O3S/c1-16(12-14-31(2,29)30)26-23(28)19-11-10-17(15-21(19)25)27-13-6-5-9-22(27)18-7-3-4-8-20(18)24/h3-4,7-8,10-12,14-16,22H,5-6,9,13H2,1-2H3,(H,26,28)/b14-12+/t16-,22-/m1/s1. The highest BCUT2D eigenvalue weighted by Crippen LogP contribution is 2.36. The monoisotopic (exact) mass is 448 g/mol. The number of hydrogen-bond donors (Lipinski definition) is 1. The molecule has 0 unspecified atom stereocenters. The van der Waals surface area contributed by atoms with Crippen molar-refractivity contribution in [1.82, 2.24) is 5.32 Å². The average Bonchev–Trinajstić information content (AvgIpc) is 2.72. The van der Waals surface area contributed by atoms with Crippen LogP contribution in [0.5, 0.6) is 0 Å². The highest BCUT2D eigenvalue weighted by Gasteiger charge is 2.27. The summed E-state index contributed by atoms with van der Waals surface area (Å²) in [6.07, 6.45) is 5.00. The molecule has 0 bridgehead atoms. The zero-order chi connectivity index (χ0) is 22.6. The van der Waals surface area contributed by atoms with Gasteiger partial charge in [-0.2, -0.15) is 0 Å². The van der Waals surface area contributed by atoms with Crippen molar-refractivity contribution in [3.05, 3.63) is 76.7 Å². The molecular formula is C23H26F2N2O3S. The Bertz CT molecular complexity index is 1090. The van der Waals surface area contributed by atoms with Crippen molar-refractivity contribution in [2.45, 2.75) is 38.3 Å². The summed E-state index contributed by atoms with van der Waals surface area (Å²) in [7, 11) is -3.32. The van der Waals surface area contributed by atoms with Crippen LogP contribution in [0, 0.1) is 11.6 Å². The molecular weight excluding hydrogens is 422 g/mol. The first kappa shape index (κ1) is 22.9. The second-order valence-corrected chi connectivity index (χ2v) is 9.74. The van der Waals surface area contributed by atoms with Crippen LogP contribution in [0.1, 0.15) is 48.1 Å². The van der Waals surface area contributed by atoms with Gasteiger partial charge in [0.25, 0.3) is 5.91 Å². The van der Waals surface area contributed by atoms with Gasteiger partial charge in [-0.25, -0.2) is 17.2 Å². The molecule has 3 rings (SSSR count). The maximum atomic E-state index is 14.8. The molecule has 1 amide bonds. The molecule has 8 heteroatoms. The molecule has 1 fully saturated rings. The first-order valence-electron chi connectivity index (χ1n) is 10.2. The number of hydrogen-bond acceptors (Lipinski definition) is 4. The van der Waals surface area contributed by atoms with Gasteiger partial charge in [0.1, 0.15) is 11.6 Å². The average molecular weight is 449 g/mol. The van der Waals surface area contributed by atoms with Gasteiger partial charge in [0.05, 0.1) is 11.6 Å². The Hall–Kier alpha value is -2.74. The molecule has 1 saturated heterocycles. The van der Waals surface area contributed by atoms with E-state index in [9.17, 15) is 22.0 Å². The molecule has 0 spiro atoms. The van der Waals surface area contributed by atoms with Crippen molar-refractivity contribution in [3.8, 4) is 0 Å². The number of rotatable bonds is 6. The van der Waals surface area contributed by atoms with E-state index in [2.05, 4.69) is 5.32 Å². The van der Waals surface area contributed by atoms with Gasteiger partial charge in [-0.05, 0) is 50.5 Å². The molecule has 31 heavy (non-hydrogen) atoms. The number of anilines is 1. The summed E-state index contributed by atoms with van der Waals surface area (Å²) in [4.78, 5) is 14.4. The lowest BCUT2D eigenvalue weighted by Gasteiger charge is -2.38. The zero-order valence-electron chi connectivity index (χ0n) is 17.5. The molecule has 1 N–H and O–H groups in total. The minimum atomic E-state index is -3.32. The molecule has 2 atom stereocenters. The summed E-state index contributed by atoms with van der Waals surface area (Å²) in [5.41, 5.74) is 1.03. The minimum Gasteiger partial charge on any atom is -0.364 e. The maximum absolute atomic E-state index is 14.8. The fourth-order valence-corrected chi connectivity index (χ4v) is 4.29. The third-order valence-electron chi connectivity index (χ3n) is 5.27. The Labute approximate surface area is 181 Å². The molecule has 1 heterocycles. The van der Waals surface area contributed by atoms with Crippen molar-refractivity contribution in [1.29, 1.82) is 0 Å². The summed E-state index contributed by atoms with van der Waals surface area (Å²) in [6, 6.07) is 10.2. The summed E-state index contributed by atoms with van der Waals surface area (Å²) in [6.45, 7) is 2.26. The summed E-state index contributed by atoms with van der Waals surface area (Å²) in [5, 5.41) is 3.55. The molecule has 0 saturated carbocycles. The molecule has 0 aromatic heterocycles. The fraction of sp³-hybridized carbons (Fsp3) is 0.348. The zero-order valence-corrected chi connectivity index (χ0v) is 18.3. The Morgan fingerprint density at radius 1 is 1.16 bits per heavy atom. The Kier molecular flexibility index (Phi) is 7.10. The number of amides is 1. The van der Waals surface area contributed by atoms with E-state index in [-0.39, 0.29) is 17.4 Å². The van der Waals surface area contributed by atoms with Gasteiger partial charge in [-0.15, -0.1) is 0 Å². The molecule has 1 aliphatic rings. The van der Waals surface area contributed by atoms with E-state index in [1.165, 1.54) is 24.3 Å². The van der Waals surface area contributed by atoms with E-state index in [1.807, 2.05) is 4.90 Å².